The molecule has 4 amide bonds. The number of primary amides is 1. The highest BCUT2D eigenvalue weighted by molar-refractivity contribution is 5.91. The van der Waals surface area contributed by atoms with E-state index in [-0.39, 0.29) is 43.6 Å². The summed E-state index contributed by atoms with van der Waals surface area (Å²) in [7, 11) is 0. The maximum atomic E-state index is 12.7. The zero-order chi connectivity index (χ0) is 18.8. The maximum absolute atomic E-state index is 12.7. The SMILES string of the molecule is C=CCN1CC(=O)N2C(Cc3ccc(O)cc3)C(=O)NCC2N1C(N)=O. The molecule has 138 valence electrons. The number of hydrogen-bond acceptors (Lipinski definition) is 5. The Morgan fingerprint density at radius 3 is 2.65 bits per heavy atom. The second-order valence-electron chi connectivity index (χ2n) is 6.23. The number of nitrogens with one attached hydrogen (secondary N) is 1. The normalized spacial score (nSPS) is 23.4. The highest BCUT2D eigenvalue weighted by Gasteiger charge is 2.48. The number of carbonyl (C=O) groups excluding carboxylic acids is 3. The predicted octanol–water partition coefficient (Wildman–Crippen LogP) is -0.615. The van der Waals surface area contributed by atoms with Gasteiger partial charge in [-0.2, -0.15) is 0 Å². The van der Waals surface area contributed by atoms with Crippen molar-refractivity contribution in [3.63, 3.8) is 0 Å². The molecule has 0 bridgehead atoms. The molecule has 1 aromatic carbocycles. The Morgan fingerprint density at radius 2 is 2.04 bits per heavy atom. The minimum Gasteiger partial charge on any atom is -0.508 e. The second kappa shape index (κ2) is 7.04. The summed E-state index contributed by atoms with van der Waals surface area (Å²) in [4.78, 5) is 38.6. The third-order valence-electron chi connectivity index (χ3n) is 4.54. The number of phenols is 1. The highest BCUT2D eigenvalue weighted by Crippen LogP contribution is 2.25. The molecule has 2 atom stereocenters. The van der Waals surface area contributed by atoms with Crippen molar-refractivity contribution in [2.45, 2.75) is 18.6 Å². The molecule has 0 radical (unpaired) electrons. The molecule has 2 aliphatic rings. The fourth-order valence-corrected chi connectivity index (χ4v) is 3.42. The molecule has 9 nitrogen and oxygen atoms in total. The number of carbonyl (C=O) groups is 3. The van der Waals surface area contributed by atoms with E-state index in [1.165, 1.54) is 27.1 Å². The van der Waals surface area contributed by atoms with Crippen LogP contribution in [0.15, 0.2) is 36.9 Å². The van der Waals surface area contributed by atoms with Crippen LogP contribution in [0.3, 0.4) is 0 Å². The molecule has 1 aromatic rings. The summed E-state index contributed by atoms with van der Waals surface area (Å²) in [6.07, 6.45) is 1.16. The molecule has 2 aliphatic heterocycles. The van der Waals surface area contributed by atoms with Crippen LogP contribution in [0, 0.1) is 0 Å². The van der Waals surface area contributed by atoms with E-state index in [0.717, 1.165) is 5.56 Å². The van der Waals surface area contributed by atoms with Crippen molar-refractivity contribution >= 4 is 17.8 Å². The quantitative estimate of drug-likeness (QED) is 0.620. The van der Waals surface area contributed by atoms with Crippen molar-refractivity contribution in [1.29, 1.82) is 0 Å². The third-order valence-corrected chi connectivity index (χ3v) is 4.54. The standard InChI is InChI=1S/C17H21N5O4/c1-2-7-20-10-15(24)21-13(8-11-3-5-12(23)6-4-11)16(25)19-9-14(21)22(20)17(18)26/h2-6,13-14,23H,1,7-10H2,(H2,18,26)(H,19,25). The van der Waals surface area contributed by atoms with E-state index in [4.69, 9.17) is 5.73 Å². The molecule has 0 aliphatic carbocycles. The Labute approximate surface area is 150 Å². The van der Waals surface area contributed by atoms with Gasteiger partial charge < -0.3 is 21.1 Å². The molecule has 2 unspecified atom stereocenters. The maximum Gasteiger partial charge on any atom is 0.331 e. The average Bonchev–Trinajstić information content (AvgIpc) is 2.59. The van der Waals surface area contributed by atoms with Gasteiger partial charge in [0, 0.05) is 13.0 Å². The molecule has 26 heavy (non-hydrogen) atoms. The van der Waals surface area contributed by atoms with Crippen LogP contribution < -0.4 is 11.1 Å². The minimum atomic E-state index is -0.765. The fourth-order valence-electron chi connectivity index (χ4n) is 3.42. The van der Waals surface area contributed by atoms with Crippen LogP contribution in [0.5, 0.6) is 5.75 Å². The van der Waals surface area contributed by atoms with Crippen LogP contribution in [-0.2, 0) is 16.0 Å². The predicted molar refractivity (Wildman–Crippen MR) is 92.4 cm³/mol. The van der Waals surface area contributed by atoms with E-state index in [1.807, 2.05) is 0 Å². The lowest BCUT2D eigenvalue weighted by molar-refractivity contribution is -0.178. The lowest BCUT2D eigenvalue weighted by Gasteiger charge is -2.52. The van der Waals surface area contributed by atoms with Crippen LogP contribution in [0.2, 0.25) is 0 Å². The van der Waals surface area contributed by atoms with Crippen LogP contribution >= 0.6 is 0 Å². The van der Waals surface area contributed by atoms with Crippen molar-refractivity contribution in [2.24, 2.45) is 5.73 Å². The summed E-state index contributed by atoms with van der Waals surface area (Å²) >= 11 is 0. The zero-order valence-electron chi connectivity index (χ0n) is 14.2. The van der Waals surface area contributed by atoms with Gasteiger partial charge in [0.25, 0.3) is 0 Å². The van der Waals surface area contributed by atoms with E-state index in [0.29, 0.717) is 0 Å². The molecule has 4 N–H and O–H groups in total. The van der Waals surface area contributed by atoms with E-state index in [9.17, 15) is 19.5 Å². The largest absolute Gasteiger partial charge is 0.508 e. The summed E-state index contributed by atoms with van der Waals surface area (Å²) < 4.78 is 0. The molecule has 9 heteroatoms. The second-order valence-corrected chi connectivity index (χ2v) is 6.23. The third kappa shape index (κ3) is 3.21. The first-order valence-corrected chi connectivity index (χ1v) is 8.23. The van der Waals surface area contributed by atoms with E-state index >= 15 is 0 Å². The Bertz CT molecular complexity index is 735. The van der Waals surface area contributed by atoms with E-state index in [2.05, 4.69) is 11.9 Å². The Morgan fingerprint density at radius 1 is 1.35 bits per heavy atom. The summed E-state index contributed by atoms with van der Waals surface area (Å²) in [6.45, 7) is 3.96. The van der Waals surface area contributed by atoms with Gasteiger partial charge >= 0.3 is 6.03 Å². The van der Waals surface area contributed by atoms with E-state index < -0.39 is 18.2 Å². The lowest BCUT2D eigenvalue weighted by Crippen LogP contribution is -2.76. The number of rotatable bonds is 4. The number of phenolic OH excluding ortho intramolecular Hbond substituents is 1. The summed E-state index contributed by atoms with van der Waals surface area (Å²) in [5.41, 5.74) is 6.31. The van der Waals surface area contributed by atoms with E-state index in [1.54, 1.807) is 18.2 Å². The fraction of sp³-hybridized carbons (Fsp3) is 0.353. The van der Waals surface area contributed by atoms with Crippen LogP contribution in [0.1, 0.15) is 5.56 Å². The lowest BCUT2D eigenvalue weighted by atomic mass is 10.00. The number of piperazine rings is 1. The van der Waals surface area contributed by atoms with Crippen molar-refractivity contribution in [1.82, 2.24) is 20.2 Å². The van der Waals surface area contributed by atoms with Gasteiger partial charge in [0.05, 0.1) is 13.1 Å². The molecular formula is C17H21N5O4. The number of fused-ring (bicyclic) bond motifs is 1. The van der Waals surface area contributed by atoms with Crippen molar-refractivity contribution in [3.05, 3.63) is 42.5 Å². The Balaban J connectivity index is 1.90. The smallest absolute Gasteiger partial charge is 0.331 e. The Hall–Kier alpha value is -3.07. The van der Waals surface area contributed by atoms with Gasteiger partial charge in [0.15, 0.2) is 0 Å². The van der Waals surface area contributed by atoms with Gasteiger partial charge in [-0.15, -0.1) is 6.58 Å². The summed E-state index contributed by atoms with van der Waals surface area (Å²) in [6, 6.07) is 4.96. The summed E-state index contributed by atoms with van der Waals surface area (Å²) in [5.74, 6) is -0.425. The topological polar surface area (TPSA) is 119 Å². The zero-order valence-corrected chi connectivity index (χ0v) is 14.2. The van der Waals surface area contributed by atoms with Crippen molar-refractivity contribution < 1.29 is 19.5 Å². The first-order valence-electron chi connectivity index (χ1n) is 8.23. The molecule has 2 saturated heterocycles. The number of nitrogens with two attached hydrogens (primary N) is 1. The van der Waals surface area contributed by atoms with Crippen LogP contribution in [-0.4, -0.2) is 69.7 Å². The first kappa shape index (κ1) is 17.7. The van der Waals surface area contributed by atoms with Gasteiger partial charge in [-0.05, 0) is 17.7 Å². The Kier molecular flexibility index (Phi) is 4.81. The van der Waals surface area contributed by atoms with Crippen molar-refractivity contribution in [3.8, 4) is 5.75 Å². The molecule has 0 aromatic heterocycles. The summed E-state index contributed by atoms with van der Waals surface area (Å²) in [5, 5.41) is 15.0. The molecule has 2 fully saturated rings. The monoisotopic (exact) mass is 359 g/mol. The average molecular weight is 359 g/mol. The van der Waals surface area contributed by atoms with Gasteiger partial charge in [-0.3, -0.25) is 9.59 Å². The number of hydrogen-bond donors (Lipinski definition) is 3. The molecule has 3 rings (SSSR count). The molecule has 2 heterocycles. The molecule has 0 saturated carbocycles. The van der Waals surface area contributed by atoms with Gasteiger partial charge in [0.2, 0.25) is 11.8 Å². The number of amides is 4. The number of hydrazine groups is 1. The highest BCUT2D eigenvalue weighted by atomic mass is 16.3. The molecule has 0 spiro atoms. The number of urea groups is 1. The number of nitrogens with zero attached hydrogens (tertiary/aromatic N) is 3. The minimum absolute atomic E-state index is 0.0647. The first-order chi connectivity index (χ1) is 12.4. The van der Waals surface area contributed by atoms with Gasteiger partial charge in [-0.25, -0.2) is 14.8 Å². The van der Waals surface area contributed by atoms with Crippen molar-refractivity contribution in [2.75, 3.05) is 19.6 Å². The van der Waals surface area contributed by atoms with Gasteiger partial charge in [-0.1, -0.05) is 18.2 Å². The molecular weight excluding hydrogens is 338 g/mol. The number of benzene rings is 1. The number of aromatic hydroxyl groups is 1. The van der Waals surface area contributed by atoms with Gasteiger partial charge in [0.1, 0.15) is 18.0 Å². The van der Waals surface area contributed by atoms with Crippen LogP contribution in [0.4, 0.5) is 4.79 Å². The van der Waals surface area contributed by atoms with Crippen LogP contribution in [0.25, 0.3) is 0 Å².